The zero-order valence-corrected chi connectivity index (χ0v) is 16.3. The van der Waals surface area contributed by atoms with Crippen LogP contribution in [-0.2, 0) is 11.2 Å². The molecular formula is C20H19BrF2N2O2. The second-order valence-electron chi connectivity index (χ2n) is 6.71. The lowest BCUT2D eigenvalue weighted by Gasteiger charge is -2.31. The molecule has 1 amide bonds. The molecule has 0 aromatic heterocycles. The number of ether oxygens (including phenoxy) is 1. The van der Waals surface area contributed by atoms with Gasteiger partial charge in [0.15, 0.2) is 0 Å². The quantitative estimate of drug-likeness (QED) is 0.708. The number of carbonyl (C=O) groups is 1. The van der Waals surface area contributed by atoms with E-state index >= 15 is 0 Å². The molecule has 2 aliphatic heterocycles. The highest BCUT2D eigenvalue weighted by atomic mass is 79.9. The van der Waals surface area contributed by atoms with Crippen LogP contribution in [0, 0.1) is 11.6 Å². The highest BCUT2D eigenvalue weighted by Gasteiger charge is 2.27. The molecule has 1 fully saturated rings. The van der Waals surface area contributed by atoms with Gasteiger partial charge in [0, 0.05) is 35.2 Å². The maximum Gasteiger partial charge on any atom is 0.258 e. The van der Waals surface area contributed by atoms with E-state index in [-0.39, 0.29) is 17.3 Å². The highest BCUT2D eigenvalue weighted by Crippen LogP contribution is 2.34. The van der Waals surface area contributed by atoms with E-state index in [0.717, 1.165) is 0 Å². The third kappa shape index (κ3) is 3.58. The minimum atomic E-state index is -0.430. The van der Waals surface area contributed by atoms with Gasteiger partial charge in [0.2, 0.25) is 0 Å². The summed E-state index contributed by atoms with van der Waals surface area (Å²) in [6.07, 6.45) is 1.26. The molecule has 0 aliphatic carbocycles. The molecule has 4 nitrogen and oxygen atoms in total. The van der Waals surface area contributed by atoms with Gasteiger partial charge in [-0.05, 0) is 43.2 Å². The number of halogens is 3. The number of hydrogen-bond acceptors (Lipinski definition) is 3. The predicted octanol–water partition coefficient (Wildman–Crippen LogP) is 4.16. The summed E-state index contributed by atoms with van der Waals surface area (Å²) in [5.41, 5.74) is 1.82. The fraction of sp³-hybridized carbons (Fsp3) is 0.350. The molecule has 2 aromatic carbocycles. The Morgan fingerprint density at radius 1 is 1.00 bits per heavy atom. The largest absolute Gasteiger partial charge is 0.378 e. The Morgan fingerprint density at radius 2 is 1.78 bits per heavy atom. The van der Waals surface area contributed by atoms with Gasteiger partial charge in [-0.25, -0.2) is 8.78 Å². The van der Waals surface area contributed by atoms with Crippen LogP contribution in [0.3, 0.4) is 0 Å². The van der Waals surface area contributed by atoms with Crippen LogP contribution in [0.2, 0.25) is 0 Å². The Hall–Kier alpha value is -1.99. The molecule has 0 saturated carbocycles. The topological polar surface area (TPSA) is 32.8 Å². The van der Waals surface area contributed by atoms with Gasteiger partial charge in [0.05, 0.1) is 24.6 Å². The molecular weight excluding hydrogens is 418 g/mol. The zero-order chi connectivity index (χ0) is 19.0. The summed E-state index contributed by atoms with van der Waals surface area (Å²) in [6, 6.07) is 7.70. The monoisotopic (exact) mass is 436 g/mol. The number of hydrogen-bond donors (Lipinski definition) is 0. The lowest BCUT2D eigenvalue weighted by molar-refractivity contribution is 0.0984. The number of benzene rings is 2. The SMILES string of the molecule is O=C(c1ccc(N2CCOCC2)c(F)c1)N1CCCc2c(F)cc(Br)cc21. The molecule has 0 unspecified atom stereocenters. The van der Waals surface area contributed by atoms with Crippen LogP contribution in [0.15, 0.2) is 34.8 Å². The van der Waals surface area contributed by atoms with Gasteiger partial charge in [-0.15, -0.1) is 0 Å². The van der Waals surface area contributed by atoms with Gasteiger partial charge in [-0.2, -0.15) is 0 Å². The van der Waals surface area contributed by atoms with Crippen molar-refractivity contribution in [3.05, 3.63) is 57.6 Å². The van der Waals surface area contributed by atoms with Gasteiger partial charge >= 0.3 is 0 Å². The standard InChI is InChI=1S/C20H19BrF2N2O2/c21-14-11-16(22)15-2-1-5-25(19(15)12-14)20(26)13-3-4-18(17(23)10-13)24-6-8-27-9-7-24/h3-4,10-12H,1-2,5-9H2. The Morgan fingerprint density at radius 3 is 2.52 bits per heavy atom. The Balaban J connectivity index is 1.63. The Bertz CT molecular complexity index is 885. The maximum absolute atomic E-state index is 14.7. The highest BCUT2D eigenvalue weighted by molar-refractivity contribution is 9.10. The van der Waals surface area contributed by atoms with Crippen LogP contribution >= 0.6 is 15.9 Å². The zero-order valence-electron chi connectivity index (χ0n) is 14.7. The van der Waals surface area contributed by atoms with Crippen molar-refractivity contribution in [1.82, 2.24) is 0 Å². The maximum atomic E-state index is 14.7. The van der Waals surface area contributed by atoms with Gasteiger partial charge in [-0.3, -0.25) is 4.79 Å². The van der Waals surface area contributed by atoms with E-state index in [2.05, 4.69) is 15.9 Å². The van der Waals surface area contributed by atoms with E-state index < -0.39 is 5.82 Å². The normalized spacial score (nSPS) is 17.0. The molecule has 0 N–H and O–H groups in total. The second-order valence-corrected chi connectivity index (χ2v) is 7.63. The predicted molar refractivity (Wildman–Crippen MR) is 104 cm³/mol. The number of carbonyl (C=O) groups excluding carboxylic acids is 1. The second kappa shape index (κ2) is 7.56. The van der Waals surface area contributed by atoms with E-state index in [1.165, 1.54) is 17.0 Å². The van der Waals surface area contributed by atoms with Crippen LogP contribution < -0.4 is 9.80 Å². The summed E-state index contributed by atoms with van der Waals surface area (Å²) < 4.78 is 34.8. The van der Waals surface area contributed by atoms with Gasteiger partial charge in [0.25, 0.3) is 5.91 Å². The minimum absolute atomic E-state index is 0.262. The molecule has 0 radical (unpaired) electrons. The fourth-order valence-electron chi connectivity index (χ4n) is 3.68. The number of fused-ring (bicyclic) bond motifs is 1. The van der Waals surface area contributed by atoms with E-state index in [0.29, 0.717) is 67.1 Å². The van der Waals surface area contributed by atoms with Crippen LogP contribution in [-0.4, -0.2) is 38.8 Å². The first-order valence-electron chi connectivity index (χ1n) is 8.96. The summed E-state index contributed by atoms with van der Waals surface area (Å²) >= 11 is 3.29. The lowest BCUT2D eigenvalue weighted by atomic mass is 10.00. The molecule has 0 bridgehead atoms. The van der Waals surface area contributed by atoms with Crippen molar-refractivity contribution >= 4 is 33.2 Å². The molecule has 142 valence electrons. The first-order valence-corrected chi connectivity index (χ1v) is 9.76. The van der Waals surface area contributed by atoms with E-state index in [1.54, 1.807) is 18.2 Å². The summed E-state index contributed by atoms with van der Waals surface area (Å²) in [6.45, 7) is 2.85. The van der Waals surface area contributed by atoms with E-state index in [9.17, 15) is 13.6 Å². The van der Waals surface area contributed by atoms with Crippen molar-refractivity contribution in [2.75, 3.05) is 42.6 Å². The molecule has 4 rings (SSSR count). The smallest absolute Gasteiger partial charge is 0.258 e. The third-order valence-electron chi connectivity index (χ3n) is 5.03. The average molecular weight is 437 g/mol. The Kier molecular flexibility index (Phi) is 5.14. The molecule has 27 heavy (non-hydrogen) atoms. The van der Waals surface area contributed by atoms with Crippen molar-refractivity contribution in [2.45, 2.75) is 12.8 Å². The number of amides is 1. The first-order chi connectivity index (χ1) is 13.0. The summed E-state index contributed by atoms with van der Waals surface area (Å²) in [5, 5.41) is 0. The van der Waals surface area contributed by atoms with Crippen molar-refractivity contribution < 1.29 is 18.3 Å². The summed E-state index contributed by atoms with van der Waals surface area (Å²) in [7, 11) is 0. The van der Waals surface area contributed by atoms with Crippen LogP contribution in [0.1, 0.15) is 22.3 Å². The minimum Gasteiger partial charge on any atom is -0.378 e. The van der Waals surface area contributed by atoms with Crippen LogP contribution in [0.5, 0.6) is 0 Å². The molecule has 0 atom stereocenters. The first kappa shape index (κ1) is 18.4. The Labute approximate surface area is 164 Å². The average Bonchev–Trinajstić information content (AvgIpc) is 2.67. The van der Waals surface area contributed by atoms with Gasteiger partial charge in [-0.1, -0.05) is 15.9 Å². The van der Waals surface area contributed by atoms with Crippen LogP contribution in [0.25, 0.3) is 0 Å². The molecule has 1 saturated heterocycles. The van der Waals surface area contributed by atoms with Crippen molar-refractivity contribution in [2.24, 2.45) is 0 Å². The van der Waals surface area contributed by atoms with E-state index in [4.69, 9.17) is 4.74 Å². The van der Waals surface area contributed by atoms with Crippen molar-refractivity contribution in [1.29, 1.82) is 0 Å². The lowest BCUT2D eigenvalue weighted by Crippen LogP contribution is -2.37. The number of rotatable bonds is 2. The van der Waals surface area contributed by atoms with Crippen molar-refractivity contribution in [3.8, 4) is 0 Å². The summed E-state index contributed by atoms with van der Waals surface area (Å²) in [4.78, 5) is 16.5. The van der Waals surface area contributed by atoms with Crippen LogP contribution in [0.4, 0.5) is 20.2 Å². The third-order valence-corrected chi connectivity index (χ3v) is 5.49. The fourth-order valence-corrected chi connectivity index (χ4v) is 4.10. The molecule has 7 heteroatoms. The summed E-state index contributed by atoms with van der Waals surface area (Å²) in [5.74, 6) is -1.08. The van der Waals surface area contributed by atoms with Crippen molar-refractivity contribution in [3.63, 3.8) is 0 Å². The molecule has 2 heterocycles. The van der Waals surface area contributed by atoms with E-state index in [1.807, 2.05) is 4.90 Å². The molecule has 2 aromatic rings. The number of nitrogens with zero attached hydrogens (tertiary/aromatic N) is 2. The number of anilines is 2. The van der Waals surface area contributed by atoms with Gasteiger partial charge < -0.3 is 14.5 Å². The molecule has 0 spiro atoms. The molecule has 2 aliphatic rings. The van der Waals surface area contributed by atoms with Gasteiger partial charge in [0.1, 0.15) is 11.6 Å². The number of morpholine rings is 1.